The number of hydrogen-bond donors (Lipinski definition) is 0. The van der Waals surface area contributed by atoms with E-state index in [1.54, 1.807) is 10.7 Å². The Balaban J connectivity index is 1.82. The minimum absolute atomic E-state index is 0.441. The highest BCUT2D eigenvalue weighted by Crippen LogP contribution is 2.28. The molecule has 1 aliphatic rings. The van der Waals surface area contributed by atoms with Crippen LogP contribution in [-0.2, 0) is 0 Å². The first kappa shape index (κ1) is 16.3. The lowest BCUT2D eigenvalue weighted by Gasteiger charge is -2.01. The van der Waals surface area contributed by atoms with Crippen LogP contribution in [0.2, 0.25) is 0 Å². The van der Waals surface area contributed by atoms with Crippen LogP contribution < -0.4 is 0 Å². The lowest BCUT2D eigenvalue weighted by atomic mass is 10.1. The van der Waals surface area contributed by atoms with E-state index in [-0.39, 0.29) is 0 Å². The van der Waals surface area contributed by atoms with Crippen molar-refractivity contribution in [2.45, 2.75) is 13.8 Å². The van der Waals surface area contributed by atoms with Gasteiger partial charge in [0.15, 0.2) is 5.00 Å². The lowest BCUT2D eigenvalue weighted by molar-refractivity contribution is 0.873. The van der Waals surface area contributed by atoms with E-state index >= 15 is 0 Å². The van der Waals surface area contributed by atoms with E-state index in [4.69, 9.17) is 9.98 Å². The summed E-state index contributed by atoms with van der Waals surface area (Å²) in [5, 5.41) is 7.90. The Kier molecular flexibility index (Phi) is 4.14. The van der Waals surface area contributed by atoms with E-state index < -0.39 is 0 Å². The van der Waals surface area contributed by atoms with Crippen molar-refractivity contribution in [3.05, 3.63) is 81.0 Å². The molecule has 7 heteroatoms. The number of hydrogen-bond acceptors (Lipinski definition) is 6. The fraction of sp³-hybridized carbons (Fsp3) is 0.105. The molecule has 1 aliphatic heterocycles. The number of nitroso groups, excluding NO2 is 1. The number of benzene rings is 1. The molecule has 0 radical (unpaired) electrons. The Morgan fingerprint density at radius 3 is 2.54 bits per heavy atom. The van der Waals surface area contributed by atoms with Crippen molar-refractivity contribution < 1.29 is 0 Å². The molecule has 0 bridgehead atoms. The Morgan fingerprint density at radius 1 is 1.08 bits per heavy atom. The molecule has 0 fully saturated rings. The van der Waals surface area contributed by atoms with Gasteiger partial charge in [-0.3, -0.25) is 0 Å². The molecule has 26 heavy (non-hydrogen) atoms. The van der Waals surface area contributed by atoms with Crippen molar-refractivity contribution in [1.82, 2.24) is 9.78 Å². The van der Waals surface area contributed by atoms with Crippen molar-refractivity contribution in [1.29, 1.82) is 0 Å². The number of allylic oxidation sites excluding steroid dienone is 1. The minimum atomic E-state index is 0.441. The summed E-state index contributed by atoms with van der Waals surface area (Å²) in [4.78, 5) is 21.0. The quantitative estimate of drug-likeness (QED) is 0.634. The van der Waals surface area contributed by atoms with Crippen LogP contribution in [0.15, 0.2) is 69.4 Å². The molecule has 128 valence electrons. The highest BCUT2D eigenvalue weighted by Gasteiger charge is 2.21. The third-order valence-electron chi connectivity index (χ3n) is 3.90. The number of aryl methyl sites for hydroxylation is 2. The first-order valence-electron chi connectivity index (χ1n) is 8.06. The molecular weight excluding hydrogens is 346 g/mol. The van der Waals surface area contributed by atoms with Gasteiger partial charge >= 0.3 is 0 Å². The fourth-order valence-corrected chi connectivity index (χ4v) is 3.50. The third-order valence-corrected chi connectivity index (χ3v) is 4.81. The monoisotopic (exact) mass is 361 g/mol. The van der Waals surface area contributed by atoms with Gasteiger partial charge < -0.3 is 0 Å². The largest absolute Gasteiger partial charge is 0.252 e. The van der Waals surface area contributed by atoms with Gasteiger partial charge in [0.2, 0.25) is 0 Å². The lowest BCUT2D eigenvalue weighted by Crippen LogP contribution is -2.11. The molecule has 0 saturated carbocycles. The molecule has 0 unspecified atom stereocenters. The van der Waals surface area contributed by atoms with Crippen LogP contribution in [0.5, 0.6) is 0 Å². The molecule has 0 saturated heterocycles. The van der Waals surface area contributed by atoms with E-state index in [9.17, 15) is 4.91 Å². The van der Waals surface area contributed by atoms with Crippen LogP contribution >= 0.6 is 11.3 Å². The Labute approximate surface area is 154 Å². The Hall–Kier alpha value is -3.19. The van der Waals surface area contributed by atoms with Crippen LogP contribution in [0, 0.1) is 18.8 Å². The van der Waals surface area contributed by atoms with Crippen LogP contribution in [0.1, 0.15) is 21.8 Å². The molecule has 4 rings (SSSR count). The standard InChI is InChI=1S/C19H15N5OS/c1-12-10-13(2)24(22-12)19-20-16(11-15-8-9-17(23-25)26-15)18(21-19)14-6-4-3-5-7-14/h3-11H,1-2H3/b16-11+. The van der Waals surface area contributed by atoms with Gasteiger partial charge in [-0.05, 0) is 43.3 Å². The number of thiophene rings is 1. The summed E-state index contributed by atoms with van der Waals surface area (Å²) >= 11 is 1.32. The average molecular weight is 361 g/mol. The molecule has 0 atom stereocenters. The van der Waals surface area contributed by atoms with Gasteiger partial charge in [0.1, 0.15) is 5.71 Å². The van der Waals surface area contributed by atoms with Gasteiger partial charge in [-0.25, -0.2) is 14.7 Å². The highest BCUT2D eigenvalue weighted by molar-refractivity contribution is 7.16. The fourth-order valence-electron chi connectivity index (χ4n) is 2.78. The van der Waals surface area contributed by atoms with Crippen molar-refractivity contribution in [2.75, 3.05) is 0 Å². The molecule has 0 amide bonds. The van der Waals surface area contributed by atoms with Crippen molar-refractivity contribution in [3.63, 3.8) is 0 Å². The summed E-state index contributed by atoms with van der Waals surface area (Å²) < 4.78 is 1.74. The molecular formula is C19H15N5OS. The van der Waals surface area contributed by atoms with Crippen molar-refractivity contribution in [3.8, 4) is 0 Å². The van der Waals surface area contributed by atoms with Crippen LogP contribution in [0.3, 0.4) is 0 Å². The molecule has 3 heterocycles. The predicted molar refractivity (Wildman–Crippen MR) is 105 cm³/mol. The Bertz CT molecular complexity index is 1070. The zero-order chi connectivity index (χ0) is 18.1. The molecule has 0 N–H and O–H groups in total. The average Bonchev–Trinajstić information content (AvgIpc) is 3.35. The highest BCUT2D eigenvalue weighted by atomic mass is 32.1. The smallest absolute Gasteiger partial charge is 0.209 e. The van der Waals surface area contributed by atoms with Crippen LogP contribution in [-0.4, -0.2) is 21.5 Å². The van der Waals surface area contributed by atoms with E-state index in [1.807, 2.05) is 62.4 Å². The number of nitrogens with zero attached hydrogens (tertiary/aromatic N) is 5. The second-order valence-electron chi connectivity index (χ2n) is 5.87. The summed E-state index contributed by atoms with van der Waals surface area (Å²) in [5.41, 5.74) is 4.38. The molecule has 3 aromatic rings. The molecule has 1 aromatic carbocycles. The summed E-state index contributed by atoms with van der Waals surface area (Å²) in [6.07, 6.45) is 1.92. The predicted octanol–water partition coefficient (Wildman–Crippen LogP) is 4.71. The summed E-state index contributed by atoms with van der Waals surface area (Å²) in [7, 11) is 0. The van der Waals surface area contributed by atoms with Gasteiger partial charge in [-0.15, -0.1) is 16.2 Å². The van der Waals surface area contributed by atoms with Crippen LogP contribution in [0.4, 0.5) is 5.00 Å². The number of rotatable bonds is 3. The summed E-state index contributed by atoms with van der Waals surface area (Å²) in [6, 6.07) is 15.4. The Morgan fingerprint density at radius 2 is 1.88 bits per heavy atom. The van der Waals surface area contributed by atoms with E-state index in [0.717, 1.165) is 33.2 Å². The van der Waals surface area contributed by atoms with Gasteiger partial charge in [-0.1, -0.05) is 30.3 Å². The second kappa shape index (κ2) is 6.61. The summed E-state index contributed by atoms with van der Waals surface area (Å²) in [5.74, 6) is 0.533. The zero-order valence-corrected chi connectivity index (χ0v) is 15.1. The molecule has 2 aromatic heterocycles. The molecule has 6 nitrogen and oxygen atoms in total. The summed E-state index contributed by atoms with van der Waals surface area (Å²) in [6.45, 7) is 3.92. The van der Waals surface area contributed by atoms with Crippen molar-refractivity contribution in [2.24, 2.45) is 15.2 Å². The van der Waals surface area contributed by atoms with E-state index in [0.29, 0.717) is 11.0 Å². The zero-order valence-electron chi connectivity index (χ0n) is 14.2. The first-order chi connectivity index (χ1) is 12.6. The maximum Gasteiger partial charge on any atom is 0.252 e. The first-order valence-corrected chi connectivity index (χ1v) is 8.87. The topological polar surface area (TPSA) is 72.0 Å². The van der Waals surface area contributed by atoms with Gasteiger partial charge in [-0.2, -0.15) is 5.10 Å². The number of aliphatic imine (C=N–C) groups is 2. The second-order valence-corrected chi connectivity index (χ2v) is 6.97. The molecule has 0 aliphatic carbocycles. The SMILES string of the molecule is Cc1cc(C)n(C2=N/C(=C/c3ccc(N=O)s3)C(c3ccccc3)=N2)n1. The van der Waals surface area contributed by atoms with Crippen molar-refractivity contribution >= 4 is 34.1 Å². The number of aromatic nitrogens is 2. The van der Waals surface area contributed by atoms with E-state index in [1.165, 1.54) is 11.3 Å². The third kappa shape index (κ3) is 3.04. The normalized spacial score (nSPS) is 15.2. The maximum atomic E-state index is 10.7. The van der Waals surface area contributed by atoms with E-state index in [2.05, 4.69) is 10.3 Å². The van der Waals surface area contributed by atoms with Crippen LogP contribution in [0.25, 0.3) is 6.08 Å². The minimum Gasteiger partial charge on any atom is -0.209 e. The van der Waals surface area contributed by atoms with Gasteiger partial charge in [0.25, 0.3) is 5.96 Å². The van der Waals surface area contributed by atoms with Gasteiger partial charge in [0.05, 0.1) is 11.4 Å². The molecule has 0 spiro atoms. The van der Waals surface area contributed by atoms with Gasteiger partial charge in [0, 0.05) is 16.1 Å². The maximum absolute atomic E-state index is 10.7.